The zero-order valence-electron chi connectivity index (χ0n) is 15.7. The van der Waals surface area contributed by atoms with Crippen LogP contribution in [0.4, 0.5) is 0 Å². The van der Waals surface area contributed by atoms with E-state index in [0.29, 0.717) is 23.1 Å². The maximum absolute atomic E-state index is 6.15. The number of benzene rings is 3. The predicted octanol–water partition coefficient (Wildman–Crippen LogP) is 5.59. The highest BCUT2D eigenvalue weighted by molar-refractivity contribution is 6.42. The van der Waals surface area contributed by atoms with E-state index in [9.17, 15) is 0 Å². The van der Waals surface area contributed by atoms with Crippen LogP contribution in [0.25, 0.3) is 11.3 Å². The summed E-state index contributed by atoms with van der Waals surface area (Å²) in [5, 5.41) is 14.0. The number of hydrogen-bond acceptors (Lipinski definition) is 3. The van der Waals surface area contributed by atoms with Crippen LogP contribution in [0.2, 0.25) is 10.0 Å². The Morgan fingerprint density at radius 2 is 1.45 bits per heavy atom. The fourth-order valence-corrected chi connectivity index (χ4v) is 3.44. The molecule has 0 aliphatic carbocycles. The Bertz CT molecular complexity index is 1080. The van der Waals surface area contributed by atoms with Crippen molar-refractivity contribution in [2.75, 3.05) is 0 Å². The maximum Gasteiger partial charge on any atom is 0.117 e. The first-order valence-corrected chi connectivity index (χ1v) is 10.1. The summed E-state index contributed by atoms with van der Waals surface area (Å²) in [6.07, 6.45) is 0. The Hall–Kier alpha value is -2.66. The quantitative estimate of drug-likeness (QED) is 0.421. The van der Waals surface area contributed by atoms with Crippen molar-refractivity contribution in [1.29, 1.82) is 0 Å². The van der Waals surface area contributed by atoms with Crippen LogP contribution in [0, 0.1) is 0 Å². The SMILES string of the molecule is Clc1ccc(Cn2nc(CNCc3ccccc3)c(-c3ccccc3)n2)cc1Cl. The summed E-state index contributed by atoms with van der Waals surface area (Å²) in [5.41, 5.74) is 5.07. The third-order valence-corrected chi connectivity index (χ3v) is 5.28. The zero-order chi connectivity index (χ0) is 20.1. The molecule has 3 aromatic carbocycles. The highest BCUT2D eigenvalue weighted by Crippen LogP contribution is 2.24. The van der Waals surface area contributed by atoms with Gasteiger partial charge in [0.15, 0.2) is 0 Å². The van der Waals surface area contributed by atoms with Gasteiger partial charge < -0.3 is 5.32 Å². The van der Waals surface area contributed by atoms with Gasteiger partial charge in [0.2, 0.25) is 0 Å². The molecule has 1 aromatic heterocycles. The van der Waals surface area contributed by atoms with Crippen LogP contribution in [0.3, 0.4) is 0 Å². The molecule has 29 heavy (non-hydrogen) atoms. The van der Waals surface area contributed by atoms with E-state index >= 15 is 0 Å². The first-order chi connectivity index (χ1) is 14.2. The molecule has 4 rings (SSSR count). The minimum atomic E-state index is 0.523. The molecule has 0 aliphatic rings. The highest BCUT2D eigenvalue weighted by atomic mass is 35.5. The van der Waals surface area contributed by atoms with E-state index in [2.05, 4.69) is 17.4 Å². The molecule has 0 spiro atoms. The molecule has 0 radical (unpaired) electrons. The van der Waals surface area contributed by atoms with E-state index < -0.39 is 0 Å². The molecule has 4 nitrogen and oxygen atoms in total. The van der Waals surface area contributed by atoms with Gasteiger partial charge in [-0.25, -0.2) is 0 Å². The van der Waals surface area contributed by atoms with E-state index in [1.165, 1.54) is 5.56 Å². The molecule has 0 saturated heterocycles. The van der Waals surface area contributed by atoms with Crippen LogP contribution in [0.1, 0.15) is 16.8 Å². The number of nitrogens with one attached hydrogen (secondary N) is 1. The van der Waals surface area contributed by atoms with Crippen molar-refractivity contribution in [3.8, 4) is 11.3 Å². The second-order valence-corrected chi connectivity index (χ2v) is 7.54. The van der Waals surface area contributed by atoms with Gasteiger partial charge in [-0.15, -0.1) is 0 Å². The fourth-order valence-electron chi connectivity index (χ4n) is 3.11. The minimum absolute atomic E-state index is 0.523. The first kappa shape index (κ1) is 19.6. The van der Waals surface area contributed by atoms with Gasteiger partial charge in [0.1, 0.15) is 11.4 Å². The molecule has 0 atom stereocenters. The lowest BCUT2D eigenvalue weighted by Gasteiger charge is -2.04. The van der Waals surface area contributed by atoms with Crippen molar-refractivity contribution in [2.24, 2.45) is 0 Å². The van der Waals surface area contributed by atoms with E-state index in [1.807, 2.05) is 60.7 Å². The van der Waals surface area contributed by atoms with Crippen molar-refractivity contribution in [3.63, 3.8) is 0 Å². The number of halogens is 2. The lowest BCUT2D eigenvalue weighted by atomic mass is 10.1. The van der Waals surface area contributed by atoms with E-state index in [0.717, 1.165) is 29.1 Å². The summed E-state index contributed by atoms with van der Waals surface area (Å²) in [7, 11) is 0. The van der Waals surface area contributed by atoms with E-state index in [1.54, 1.807) is 10.9 Å². The molecule has 4 aromatic rings. The third-order valence-electron chi connectivity index (χ3n) is 4.54. The summed E-state index contributed by atoms with van der Waals surface area (Å²) in [6, 6.07) is 26.0. The molecule has 1 heterocycles. The Morgan fingerprint density at radius 1 is 0.724 bits per heavy atom. The molecule has 0 unspecified atom stereocenters. The van der Waals surface area contributed by atoms with Gasteiger partial charge in [-0.2, -0.15) is 15.0 Å². The monoisotopic (exact) mass is 422 g/mol. The molecule has 1 N–H and O–H groups in total. The van der Waals surface area contributed by atoms with Gasteiger partial charge in [-0.05, 0) is 23.3 Å². The molecule has 6 heteroatoms. The van der Waals surface area contributed by atoms with Crippen LogP contribution >= 0.6 is 23.2 Å². The second-order valence-electron chi connectivity index (χ2n) is 6.73. The van der Waals surface area contributed by atoms with Crippen LogP contribution in [0.5, 0.6) is 0 Å². The number of aromatic nitrogens is 3. The van der Waals surface area contributed by atoms with Crippen molar-refractivity contribution in [1.82, 2.24) is 20.3 Å². The molecule has 146 valence electrons. The lowest BCUT2D eigenvalue weighted by molar-refractivity contribution is 0.576. The average Bonchev–Trinajstić information content (AvgIpc) is 3.15. The predicted molar refractivity (Wildman–Crippen MR) is 118 cm³/mol. The minimum Gasteiger partial charge on any atom is -0.307 e. The Labute approximate surface area is 180 Å². The summed E-state index contributed by atoms with van der Waals surface area (Å²) < 4.78 is 0. The largest absolute Gasteiger partial charge is 0.307 e. The molecular weight excluding hydrogens is 403 g/mol. The molecular formula is C23H20Cl2N4. The van der Waals surface area contributed by atoms with Crippen molar-refractivity contribution in [3.05, 3.63) is 106 Å². The number of hydrogen-bond donors (Lipinski definition) is 1. The van der Waals surface area contributed by atoms with E-state index in [4.69, 9.17) is 33.4 Å². The normalized spacial score (nSPS) is 11.0. The fraction of sp³-hybridized carbons (Fsp3) is 0.130. The van der Waals surface area contributed by atoms with Crippen LogP contribution < -0.4 is 5.32 Å². The number of nitrogens with zero attached hydrogens (tertiary/aromatic N) is 3. The third kappa shape index (κ3) is 5.04. The summed E-state index contributed by atoms with van der Waals surface area (Å²) in [4.78, 5) is 1.71. The topological polar surface area (TPSA) is 42.7 Å². The van der Waals surface area contributed by atoms with Crippen molar-refractivity contribution in [2.45, 2.75) is 19.6 Å². The summed E-state index contributed by atoms with van der Waals surface area (Å²) in [6.45, 7) is 1.92. The molecule has 0 aliphatic heterocycles. The molecule has 0 amide bonds. The van der Waals surface area contributed by atoms with Gasteiger partial charge in [0.05, 0.1) is 16.6 Å². The standard InChI is InChI=1S/C23H20Cl2N4/c24-20-12-11-18(13-21(20)25)16-29-27-22(15-26-14-17-7-3-1-4-8-17)23(28-29)19-9-5-2-6-10-19/h1-13,26H,14-16H2. The van der Waals surface area contributed by atoms with Crippen LogP contribution in [-0.2, 0) is 19.6 Å². The summed E-state index contributed by atoms with van der Waals surface area (Å²) in [5.74, 6) is 0. The van der Waals surface area contributed by atoms with E-state index in [-0.39, 0.29) is 0 Å². The van der Waals surface area contributed by atoms with Gasteiger partial charge >= 0.3 is 0 Å². The Balaban J connectivity index is 1.56. The second kappa shape index (κ2) is 9.23. The maximum atomic E-state index is 6.15. The molecule has 0 fully saturated rings. The number of rotatable bonds is 7. The highest BCUT2D eigenvalue weighted by Gasteiger charge is 2.13. The van der Waals surface area contributed by atoms with Gasteiger partial charge in [0.25, 0.3) is 0 Å². The molecule has 0 bridgehead atoms. The lowest BCUT2D eigenvalue weighted by Crippen LogP contribution is -2.14. The van der Waals surface area contributed by atoms with Crippen molar-refractivity contribution < 1.29 is 0 Å². The van der Waals surface area contributed by atoms with Gasteiger partial charge in [0, 0.05) is 18.7 Å². The zero-order valence-corrected chi connectivity index (χ0v) is 17.2. The first-order valence-electron chi connectivity index (χ1n) is 9.37. The van der Waals surface area contributed by atoms with Crippen LogP contribution in [0.15, 0.2) is 78.9 Å². The smallest absolute Gasteiger partial charge is 0.117 e. The van der Waals surface area contributed by atoms with Gasteiger partial charge in [-0.1, -0.05) is 89.9 Å². The average molecular weight is 423 g/mol. The molecule has 0 saturated carbocycles. The summed E-state index contributed by atoms with van der Waals surface area (Å²) >= 11 is 12.2. The Morgan fingerprint density at radius 3 is 2.17 bits per heavy atom. The van der Waals surface area contributed by atoms with Crippen LogP contribution in [-0.4, -0.2) is 15.0 Å². The Kier molecular flexibility index (Phi) is 6.25. The van der Waals surface area contributed by atoms with Crippen molar-refractivity contribution >= 4 is 23.2 Å². The van der Waals surface area contributed by atoms with Gasteiger partial charge in [-0.3, -0.25) is 0 Å².